The van der Waals surface area contributed by atoms with Gasteiger partial charge in [0.25, 0.3) is 10.3 Å². The van der Waals surface area contributed by atoms with Gasteiger partial charge in [-0.2, -0.15) is 0 Å². The topological polar surface area (TPSA) is 490 Å². The molecule has 0 aliphatic heterocycles. The Kier molecular flexibility index (Phi) is 16.1. The molecule has 0 saturated carbocycles. The van der Waals surface area contributed by atoms with Gasteiger partial charge >= 0.3 is 60.8 Å². The minimum Gasteiger partial charge on any atom is -0.395 e. The average Bonchev–Trinajstić information content (AvgIpc) is 2.72. The minimum absolute atomic E-state index is 0.837. The van der Waals surface area contributed by atoms with E-state index in [0.717, 1.165) is 13.8 Å². The molecule has 0 spiro atoms. The molecule has 0 aliphatic carbocycles. The second kappa shape index (κ2) is 15.8. The van der Waals surface area contributed by atoms with Gasteiger partial charge < -0.3 is 83.4 Å². The summed E-state index contributed by atoms with van der Waals surface area (Å²) in [4.78, 5) is 161. The summed E-state index contributed by atoms with van der Waals surface area (Å²) in [6.45, 7) is -6.36. The minimum atomic E-state index is -7.61. The van der Waals surface area contributed by atoms with Crippen LogP contribution in [-0.4, -0.2) is 146 Å². The first-order valence-electron chi connectivity index (χ1n) is 12.2. The van der Waals surface area contributed by atoms with Gasteiger partial charge in [0.15, 0.2) is 0 Å². The molecule has 0 aromatic rings. The highest BCUT2D eigenvalue weighted by molar-refractivity contribution is 7.75. The number of hydrogen-bond donors (Lipinski definition) is 17. The lowest BCUT2D eigenvalue weighted by atomic mass is 10.4. The van der Waals surface area contributed by atoms with Crippen LogP contribution in [0.3, 0.4) is 0 Å². The van der Waals surface area contributed by atoms with Crippen LogP contribution in [0, 0.1) is 0 Å². The molecular formula is C12H37N3O25P8. The zero-order valence-electron chi connectivity index (χ0n) is 24.2. The van der Waals surface area contributed by atoms with E-state index in [-0.39, 0.29) is 0 Å². The predicted molar refractivity (Wildman–Crippen MR) is 157 cm³/mol. The van der Waals surface area contributed by atoms with E-state index in [2.05, 4.69) is 0 Å². The summed E-state index contributed by atoms with van der Waals surface area (Å²) in [5.41, 5.74) is -8.40. The Balaban J connectivity index is 9.90. The third-order valence-corrected chi connectivity index (χ3v) is 21.4. The highest BCUT2D eigenvalue weighted by Gasteiger charge is 2.83. The van der Waals surface area contributed by atoms with Crippen molar-refractivity contribution in [3.05, 3.63) is 0 Å². The SMILES string of the molecule is CCCN(C(P(=O)(O)O)P(=O)(O)O)C(N(CCO)C(N(CCC)C(P(=O)(O)O)P(=O)(O)O)(P(=O)(O)O)P(=O)(O)O)(P(=O)(O)O)P(=O)(O)O. The van der Waals surface area contributed by atoms with Gasteiger partial charge in [-0.15, -0.1) is 0 Å². The third kappa shape index (κ3) is 9.58. The zero-order valence-corrected chi connectivity index (χ0v) is 31.3. The van der Waals surface area contributed by atoms with E-state index < -0.39 is 136 Å². The number of hydrogen-bond acceptors (Lipinski definition) is 12. The quantitative estimate of drug-likeness (QED) is 0.0426. The van der Waals surface area contributed by atoms with E-state index in [1.165, 1.54) is 0 Å². The van der Waals surface area contributed by atoms with Crippen LogP contribution in [0.1, 0.15) is 26.7 Å². The molecule has 28 nitrogen and oxygen atoms in total. The fourth-order valence-corrected chi connectivity index (χ4v) is 18.9. The van der Waals surface area contributed by atoms with Crippen LogP contribution in [0.25, 0.3) is 0 Å². The summed E-state index contributed by atoms with van der Waals surface area (Å²) in [6.07, 6.45) is -1.90. The Morgan fingerprint density at radius 2 is 0.646 bits per heavy atom. The lowest BCUT2D eigenvalue weighted by Crippen LogP contribution is -2.73. The standard InChI is InChI=1S/C12H37N3O25P8/c1-3-5-13(9(41(17,18)19)42(20,21)22)11(45(29,30)31,46(32,33)34)15(7-8-16)12(47(35,36)37,48(38,39)40)14(6-4-2)10(43(23,24)25)44(26,27)28/h9-10,16H,3-8H2,1-2H3,(H2,17,18,19)(H2,20,21,22)(H2,23,24,25)(H2,26,27,28)(H2,29,30,31)(H2,32,33,34)(H2,35,36,37)(H2,38,39,40). The van der Waals surface area contributed by atoms with Gasteiger partial charge in [0.2, 0.25) is 11.0 Å². The first-order chi connectivity index (χ1) is 20.8. The average molecular weight is 871 g/mol. The molecular weight excluding hydrogens is 834 g/mol. The summed E-state index contributed by atoms with van der Waals surface area (Å²) in [5, 5.41) is -1.37. The van der Waals surface area contributed by atoms with Crippen molar-refractivity contribution >= 4 is 60.8 Å². The highest BCUT2D eigenvalue weighted by atomic mass is 31.3. The summed E-state index contributed by atoms with van der Waals surface area (Å²) in [6, 6.07) is 0. The van der Waals surface area contributed by atoms with Crippen LogP contribution in [0.5, 0.6) is 0 Å². The van der Waals surface area contributed by atoms with Crippen molar-refractivity contribution in [3.63, 3.8) is 0 Å². The molecule has 0 rings (SSSR count). The van der Waals surface area contributed by atoms with Crippen LogP contribution in [-0.2, 0) is 36.5 Å². The van der Waals surface area contributed by atoms with Gasteiger partial charge in [-0.05, 0) is 12.8 Å². The first kappa shape index (κ1) is 49.0. The van der Waals surface area contributed by atoms with Gasteiger partial charge in [-0.3, -0.25) is 36.5 Å². The van der Waals surface area contributed by atoms with Gasteiger partial charge in [0, 0.05) is 19.6 Å². The Bertz CT molecular complexity index is 1320. The first-order valence-corrected chi connectivity index (χ1v) is 25.4. The second-order valence-corrected chi connectivity index (χ2v) is 24.7. The van der Waals surface area contributed by atoms with Crippen LogP contribution in [0.4, 0.5) is 0 Å². The molecule has 0 bridgehead atoms. The number of aliphatic hydroxyl groups is 1. The maximum Gasteiger partial charge on any atom is 0.373 e. The van der Waals surface area contributed by atoms with Crippen molar-refractivity contribution < 1.29 is 120 Å². The third-order valence-electron chi connectivity index (χ3n) is 6.07. The number of aliphatic hydroxyl groups excluding tert-OH is 1. The Morgan fingerprint density at radius 3 is 0.771 bits per heavy atom. The van der Waals surface area contributed by atoms with Crippen molar-refractivity contribution in [1.82, 2.24) is 14.7 Å². The van der Waals surface area contributed by atoms with Gasteiger partial charge in [-0.25, -0.2) is 14.7 Å². The van der Waals surface area contributed by atoms with Crippen molar-refractivity contribution in [2.75, 3.05) is 26.2 Å². The van der Waals surface area contributed by atoms with E-state index in [0.29, 0.717) is 0 Å². The maximum atomic E-state index is 13.4. The molecule has 0 atom stereocenters. The van der Waals surface area contributed by atoms with Crippen molar-refractivity contribution in [2.24, 2.45) is 0 Å². The molecule has 17 N–H and O–H groups in total. The molecule has 0 heterocycles. The van der Waals surface area contributed by atoms with E-state index in [9.17, 15) is 120 Å². The fraction of sp³-hybridized carbons (Fsp3) is 1.00. The molecule has 0 aromatic heterocycles. The largest absolute Gasteiger partial charge is 0.395 e. The summed E-state index contributed by atoms with van der Waals surface area (Å²) in [7, 11) is -57.6. The second-order valence-electron chi connectivity index (χ2n) is 9.69. The van der Waals surface area contributed by atoms with Crippen LogP contribution < -0.4 is 0 Å². The molecule has 0 fully saturated rings. The van der Waals surface area contributed by atoms with Gasteiger partial charge in [0.1, 0.15) is 0 Å². The van der Waals surface area contributed by atoms with E-state index in [4.69, 9.17) is 0 Å². The lowest BCUT2D eigenvalue weighted by molar-refractivity contribution is -0.0682. The van der Waals surface area contributed by atoms with Crippen LogP contribution in [0.15, 0.2) is 0 Å². The molecule has 0 aromatic carbocycles. The van der Waals surface area contributed by atoms with Gasteiger partial charge in [0.05, 0.1) is 6.61 Å². The molecule has 0 unspecified atom stereocenters. The number of nitrogens with zero attached hydrogens (tertiary/aromatic N) is 3. The summed E-state index contributed by atoms with van der Waals surface area (Å²) < 4.78 is 104. The zero-order chi connectivity index (χ0) is 39.1. The molecule has 0 radical (unpaired) electrons. The number of rotatable bonds is 20. The molecule has 48 heavy (non-hydrogen) atoms. The van der Waals surface area contributed by atoms with Gasteiger partial charge in [-0.1, -0.05) is 13.8 Å². The van der Waals surface area contributed by atoms with E-state index in [1.807, 2.05) is 0 Å². The summed E-state index contributed by atoms with van der Waals surface area (Å²) >= 11 is 0. The molecule has 0 amide bonds. The normalized spacial score (nSPS) is 15.8. The van der Waals surface area contributed by atoms with Crippen molar-refractivity contribution in [2.45, 2.75) is 48.0 Å². The Morgan fingerprint density at radius 1 is 0.438 bits per heavy atom. The van der Waals surface area contributed by atoms with Crippen molar-refractivity contribution in [1.29, 1.82) is 0 Å². The Hall–Kier alpha value is 1.04. The monoisotopic (exact) mass is 871 g/mol. The van der Waals surface area contributed by atoms with E-state index >= 15 is 0 Å². The highest BCUT2D eigenvalue weighted by Crippen LogP contribution is 2.83. The smallest absolute Gasteiger partial charge is 0.373 e. The van der Waals surface area contributed by atoms with Crippen LogP contribution in [0.2, 0.25) is 0 Å². The molecule has 290 valence electrons. The molecule has 0 aliphatic rings. The molecule has 36 heteroatoms. The molecule has 0 saturated heterocycles. The lowest BCUT2D eigenvalue weighted by Gasteiger charge is -2.59. The van der Waals surface area contributed by atoms with Crippen LogP contribution >= 0.6 is 60.8 Å². The maximum absolute atomic E-state index is 13.4. The summed E-state index contributed by atoms with van der Waals surface area (Å²) in [5.74, 6) is 0. The Labute approximate surface area is 269 Å². The predicted octanol–water partition coefficient (Wildman–Crippen LogP) is -3.08. The van der Waals surface area contributed by atoms with E-state index in [1.54, 1.807) is 0 Å². The van der Waals surface area contributed by atoms with Crippen molar-refractivity contribution in [3.8, 4) is 0 Å². The fourth-order valence-electron chi connectivity index (χ4n) is 4.99.